The van der Waals surface area contributed by atoms with Crippen molar-refractivity contribution < 1.29 is 14.3 Å². The quantitative estimate of drug-likeness (QED) is 0.816. The first-order valence-electron chi connectivity index (χ1n) is 9.62. The minimum absolute atomic E-state index is 0.0520. The molecule has 2 heterocycles. The zero-order valence-corrected chi connectivity index (χ0v) is 15.5. The maximum atomic E-state index is 12.3. The van der Waals surface area contributed by atoms with Crippen LogP contribution >= 0.6 is 0 Å². The summed E-state index contributed by atoms with van der Waals surface area (Å²) in [5.41, 5.74) is 2.01. The first-order valence-corrected chi connectivity index (χ1v) is 9.62. The Labute approximate surface area is 155 Å². The molecule has 1 aromatic carbocycles. The minimum atomic E-state index is -0.561. The number of likely N-dealkylation sites (tertiary alicyclic amines) is 1. The van der Waals surface area contributed by atoms with E-state index >= 15 is 0 Å². The zero-order valence-electron chi connectivity index (χ0n) is 15.5. The summed E-state index contributed by atoms with van der Waals surface area (Å²) < 4.78 is 5.27. The zero-order chi connectivity index (χ0) is 18.4. The maximum Gasteiger partial charge on any atom is 0.246 e. The first kappa shape index (κ1) is 18.9. The van der Waals surface area contributed by atoms with Crippen LogP contribution in [0.3, 0.4) is 0 Å². The summed E-state index contributed by atoms with van der Waals surface area (Å²) >= 11 is 0. The Morgan fingerprint density at radius 3 is 2.46 bits per heavy atom. The lowest BCUT2D eigenvalue weighted by atomic mass is 9.99. The molecule has 2 aliphatic heterocycles. The van der Waals surface area contributed by atoms with E-state index in [2.05, 4.69) is 27.7 Å². The number of nitrogens with zero attached hydrogens (tertiary/aromatic N) is 1. The summed E-state index contributed by atoms with van der Waals surface area (Å²) in [6.07, 6.45) is 4.01. The molecule has 26 heavy (non-hydrogen) atoms. The van der Waals surface area contributed by atoms with Crippen molar-refractivity contribution in [3.8, 4) is 0 Å². The van der Waals surface area contributed by atoms with Crippen molar-refractivity contribution in [1.29, 1.82) is 0 Å². The van der Waals surface area contributed by atoms with Gasteiger partial charge in [0.1, 0.15) is 6.04 Å². The van der Waals surface area contributed by atoms with Crippen LogP contribution < -0.4 is 10.6 Å². The summed E-state index contributed by atoms with van der Waals surface area (Å²) in [6.45, 7) is 6.25. The molecule has 2 amide bonds. The molecule has 2 N–H and O–H groups in total. The Bertz CT molecular complexity index is 605. The fraction of sp³-hybridized carbons (Fsp3) is 0.600. The van der Waals surface area contributed by atoms with E-state index in [1.807, 2.05) is 12.1 Å². The molecule has 1 aromatic rings. The van der Waals surface area contributed by atoms with E-state index in [0.29, 0.717) is 13.2 Å². The van der Waals surface area contributed by atoms with Gasteiger partial charge in [-0.1, -0.05) is 12.1 Å². The Kier molecular flexibility index (Phi) is 6.63. The lowest BCUT2D eigenvalue weighted by molar-refractivity contribution is -0.131. The summed E-state index contributed by atoms with van der Waals surface area (Å²) in [7, 11) is 0. The van der Waals surface area contributed by atoms with E-state index < -0.39 is 6.04 Å². The number of carbonyl (C=O) groups excluding carboxylic acids is 2. The predicted octanol–water partition coefficient (Wildman–Crippen LogP) is 2.15. The van der Waals surface area contributed by atoms with Crippen LogP contribution in [0.1, 0.15) is 38.2 Å². The van der Waals surface area contributed by atoms with Gasteiger partial charge >= 0.3 is 0 Å². The van der Waals surface area contributed by atoms with Gasteiger partial charge in [0, 0.05) is 31.4 Å². The van der Waals surface area contributed by atoms with E-state index in [1.165, 1.54) is 31.5 Å². The second-order valence-corrected chi connectivity index (χ2v) is 7.29. The van der Waals surface area contributed by atoms with Gasteiger partial charge in [0.15, 0.2) is 0 Å². The van der Waals surface area contributed by atoms with Crippen LogP contribution in [0.4, 0.5) is 5.69 Å². The van der Waals surface area contributed by atoms with Gasteiger partial charge in [0.2, 0.25) is 11.8 Å². The lowest BCUT2D eigenvalue weighted by Crippen LogP contribution is -2.45. The Hall–Kier alpha value is -1.92. The molecule has 0 saturated carbocycles. The van der Waals surface area contributed by atoms with Gasteiger partial charge in [0.25, 0.3) is 0 Å². The van der Waals surface area contributed by atoms with Crippen molar-refractivity contribution in [1.82, 2.24) is 10.2 Å². The Morgan fingerprint density at radius 2 is 1.81 bits per heavy atom. The fourth-order valence-corrected chi connectivity index (χ4v) is 3.50. The number of hydrogen-bond donors (Lipinski definition) is 2. The molecular weight excluding hydrogens is 330 g/mol. The molecule has 1 atom stereocenters. The van der Waals surface area contributed by atoms with Crippen LogP contribution in [0.15, 0.2) is 24.3 Å². The number of hydrogen-bond acceptors (Lipinski definition) is 4. The third kappa shape index (κ3) is 5.29. The second-order valence-electron chi connectivity index (χ2n) is 7.29. The van der Waals surface area contributed by atoms with E-state index in [1.54, 1.807) is 6.92 Å². The van der Waals surface area contributed by atoms with Gasteiger partial charge in [-0.05, 0) is 63.4 Å². The summed E-state index contributed by atoms with van der Waals surface area (Å²) in [6, 6.07) is 7.40. The van der Waals surface area contributed by atoms with Crippen LogP contribution in [0.2, 0.25) is 0 Å². The number of carbonyl (C=O) groups is 2. The molecule has 6 nitrogen and oxygen atoms in total. The normalized spacial score (nSPS) is 19.9. The highest BCUT2D eigenvalue weighted by Gasteiger charge is 2.24. The van der Waals surface area contributed by atoms with Crippen molar-refractivity contribution in [2.45, 2.75) is 45.2 Å². The largest absolute Gasteiger partial charge is 0.381 e. The molecule has 0 aliphatic carbocycles. The number of rotatable bonds is 6. The van der Waals surface area contributed by atoms with Crippen LogP contribution in [-0.4, -0.2) is 49.1 Å². The van der Waals surface area contributed by atoms with Crippen LogP contribution in [-0.2, 0) is 20.9 Å². The smallest absolute Gasteiger partial charge is 0.246 e. The second kappa shape index (κ2) is 9.14. The van der Waals surface area contributed by atoms with Crippen molar-refractivity contribution >= 4 is 17.5 Å². The standard InChI is InChI=1S/C20H29N3O3/c1-15(21-20(25)17-8-12-26-13-9-17)19(24)22-18-6-4-16(5-7-18)14-23-10-2-3-11-23/h4-7,15,17H,2-3,8-14H2,1H3,(H,21,25)(H,22,24). The van der Waals surface area contributed by atoms with Gasteiger partial charge in [-0.2, -0.15) is 0 Å². The molecule has 2 fully saturated rings. The van der Waals surface area contributed by atoms with E-state index in [0.717, 1.165) is 25.1 Å². The van der Waals surface area contributed by atoms with Crippen LogP contribution in [0.25, 0.3) is 0 Å². The number of anilines is 1. The number of nitrogens with one attached hydrogen (secondary N) is 2. The summed E-state index contributed by atoms with van der Waals surface area (Å²) in [5.74, 6) is -0.307. The van der Waals surface area contributed by atoms with Crippen LogP contribution in [0.5, 0.6) is 0 Å². The van der Waals surface area contributed by atoms with Gasteiger partial charge in [0.05, 0.1) is 0 Å². The molecule has 142 valence electrons. The van der Waals surface area contributed by atoms with Crippen molar-refractivity contribution in [2.75, 3.05) is 31.6 Å². The minimum Gasteiger partial charge on any atom is -0.381 e. The molecular formula is C20H29N3O3. The van der Waals surface area contributed by atoms with Gasteiger partial charge in [-0.15, -0.1) is 0 Å². The van der Waals surface area contributed by atoms with Gasteiger partial charge < -0.3 is 15.4 Å². The highest BCUT2D eigenvalue weighted by molar-refractivity contribution is 5.97. The average Bonchev–Trinajstić information content (AvgIpc) is 3.17. The lowest BCUT2D eigenvalue weighted by Gasteiger charge is -2.23. The van der Waals surface area contributed by atoms with Crippen molar-refractivity contribution in [2.24, 2.45) is 5.92 Å². The molecule has 2 saturated heterocycles. The SMILES string of the molecule is CC(NC(=O)C1CCOCC1)C(=O)Nc1ccc(CN2CCCC2)cc1. The van der Waals surface area contributed by atoms with Crippen molar-refractivity contribution in [3.05, 3.63) is 29.8 Å². The third-order valence-electron chi connectivity index (χ3n) is 5.17. The summed E-state index contributed by atoms with van der Waals surface area (Å²) in [4.78, 5) is 27.0. The molecule has 0 spiro atoms. The first-order chi connectivity index (χ1) is 12.6. The molecule has 6 heteroatoms. The van der Waals surface area contributed by atoms with Crippen molar-refractivity contribution in [3.63, 3.8) is 0 Å². The third-order valence-corrected chi connectivity index (χ3v) is 5.17. The maximum absolute atomic E-state index is 12.3. The Morgan fingerprint density at radius 1 is 1.15 bits per heavy atom. The summed E-state index contributed by atoms with van der Waals surface area (Å²) in [5, 5.41) is 5.69. The van der Waals surface area contributed by atoms with Gasteiger partial charge in [-0.3, -0.25) is 14.5 Å². The number of ether oxygens (including phenoxy) is 1. The molecule has 0 aromatic heterocycles. The number of amides is 2. The van der Waals surface area contributed by atoms with E-state index in [4.69, 9.17) is 4.74 Å². The van der Waals surface area contributed by atoms with Crippen LogP contribution in [0, 0.1) is 5.92 Å². The molecule has 1 unspecified atom stereocenters. The Balaban J connectivity index is 1.46. The molecule has 3 rings (SSSR count). The monoisotopic (exact) mass is 359 g/mol. The highest BCUT2D eigenvalue weighted by atomic mass is 16.5. The fourth-order valence-electron chi connectivity index (χ4n) is 3.50. The van der Waals surface area contributed by atoms with Gasteiger partial charge in [-0.25, -0.2) is 0 Å². The molecule has 2 aliphatic rings. The molecule has 0 bridgehead atoms. The van der Waals surface area contributed by atoms with E-state index in [9.17, 15) is 9.59 Å². The van der Waals surface area contributed by atoms with E-state index in [-0.39, 0.29) is 17.7 Å². The average molecular weight is 359 g/mol. The topological polar surface area (TPSA) is 70.7 Å². The number of benzene rings is 1. The highest BCUT2D eigenvalue weighted by Crippen LogP contribution is 2.16. The predicted molar refractivity (Wildman–Crippen MR) is 101 cm³/mol. The molecule has 0 radical (unpaired) electrons.